The van der Waals surface area contributed by atoms with Crippen molar-refractivity contribution in [2.75, 3.05) is 39.5 Å². The summed E-state index contributed by atoms with van der Waals surface area (Å²) in [5.74, 6) is 0.910. The van der Waals surface area contributed by atoms with E-state index in [1.807, 2.05) is 12.1 Å². The molecule has 0 saturated carbocycles. The van der Waals surface area contributed by atoms with Gasteiger partial charge in [-0.1, -0.05) is 17.7 Å². The van der Waals surface area contributed by atoms with E-state index in [0.29, 0.717) is 13.2 Å². The number of ether oxygens (including phenoxy) is 2. The molecule has 1 aromatic carbocycles. The van der Waals surface area contributed by atoms with Crippen LogP contribution in [0.1, 0.15) is 5.56 Å². The van der Waals surface area contributed by atoms with E-state index in [1.54, 1.807) is 0 Å². The Kier molecular flexibility index (Phi) is 4.99. The Hall–Kier alpha value is -1.10. The summed E-state index contributed by atoms with van der Waals surface area (Å²) in [4.78, 5) is 2.34. The molecule has 2 N–H and O–H groups in total. The van der Waals surface area contributed by atoms with Crippen molar-refractivity contribution in [3.05, 3.63) is 29.8 Å². The summed E-state index contributed by atoms with van der Waals surface area (Å²) in [6, 6.07) is 8.39. The highest BCUT2D eigenvalue weighted by molar-refractivity contribution is 5.26. The molecule has 2 rings (SSSR count). The Morgan fingerprint density at radius 3 is 2.56 bits per heavy atom. The molecule has 4 heteroatoms. The number of nitrogens with two attached hydrogens (primary N) is 1. The normalized spacial score (nSPS) is 18.6. The molecule has 0 aromatic heterocycles. The van der Waals surface area contributed by atoms with E-state index in [1.165, 1.54) is 5.56 Å². The van der Waals surface area contributed by atoms with Gasteiger partial charge in [0.15, 0.2) is 0 Å². The van der Waals surface area contributed by atoms with E-state index < -0.39 is 0 Å². The highest BCUT2D eigenvalue weighted by atomic mass is 16.5. The van der Waals surface area contributed by atoms with E-state index in [0.717, 1.165) is 32.1 Å². The molecule has 100 valence electrons. The molecule has 1 unspecified atom stereocenters. The summed E-state index contributed by atoms with van der Waals surface area (Å²) >= 11 is 0. The molecule has 1 saturated heterocycles. The highest BCUT2D eigenvalue weighted by Gasteiger charge is 2.20. The zero-order valence-electron chi connectivity index (χ0n) is 11.0. The third kappa shape index (κ3) is 3.70. The number of aryl methyl sites for hydroxylation is 1. The Balaban J connectivity index is 1.84. The predicted octanol–water partition coefficient (Wildman–Crippen LogP) is 1.03. The first kappa shape index (κ1) is 13.3. The molecule has 1 aromatic rings. The predicted molar refractivity (Wildman–Crippen MR) is 71.9 cm³/mol. The SMILES string of the molecule is Cc1ccc(OCC(CN)N2CCOCC2)cc1. The van der Waals surface area contributed by atoms with Gasteiger partial charge in [0.05, 0.1) is 19.3 Å². The maximum Gasteiger partial charge on any atom is 0.119 e. The second-order valence-corrected chi connectivity index (χ2v) is 4.66. The van der Waals surface area contributed by atoms with Gasteiger partial charge in [0.1, 0.15) is 12.4 Å². The van der Waals surface area contributed by atoms with Gasteiger partial charge in [-0.2, -0.15) is 0 Å². The molecule has 0 spiro atoms. The molecule has 1 fully saturated rings. The maximum absolute atomic E-state index is 5.83. The van der Waals surface area contributed by atoms with Crippen molar-refractivity contribution in [1.82, 2.24) is 4.90 Å². The molecule has 0 aliphatic carbocycles. The lowest BCUT2D eigenvalue weighted by Gasteiger charge is -2.33. The van der Waals surface area contributed by atoms with Crippen LogP contribution in [0.2, 0.25) is 0 Å². The zero-order chi connectivity index (χ0) is 12.8. The summed E-state index contributed by atoms with van der Waals surface area (Å²) in [7, 11) is 0. The molecule has 1 aliphatic rings. The van der Waals surface area contributed by atoms with E-state index in [2.05, 4.69) is 24.0 Å². The van der Waals surface area contributed by atoms with Crippen molar-refractivity contribution >= 4 is 0 Å². The van der Waals surface area contributed by atoms with Crippen LogP contribution in [0.3, 0.4) is 0 Å². The number of hydrogen-bond acceptors (Lipinski definition) is 4. The minimum Gasteiger partial charge on any atom is -0.492 e. The van der Waals surface area contributed by atoms with Crippen LogP contribution in [0.25, 0.3) is 0 Å². The van der Waals surface area contributed by atoms with Gasteiger partial charge in [-0.25, -0.2) is 0 Å². The fourth-order valence-corrected chi connectivity index (χ4v) is 2.09. The van der Waals surface area contributed by atoms with Gasteiger partial charge >= 0.3 is 0 Å². The molecular formula is C14H22N2O2. The first-order valence-electron chi connectivity index (χ1n) is 6.51. The zero-order valence-corrected chi connectivity index (χ0v) is 11.0. The van der Waals surface area contributed by atoms with Crippen LogP contribution in [0, 0.1) is 6.92 Å². The first-order valence-corrected chi connectivity index (χ1v) is 6.51. The first-order chi connectivity index (χ1) is 8.79. The molecule has 0 amide bonds. The third-order valence-corrected chi connectivity index (χ3v) is 3.30. The topological polar surface area (TPSA) is 47.7 Å². The molecule has 18 heavy (non-hydrogen) atoms. The quantitative estimate of drug-likeness (QED) is 0.848. The summed E-state index contributed by atoms with van der Waals surface area (Å²) < 4.78 is 11.2. The average Bonchev–Trinajstić information content (AvgIpc) is 2.43. The lowest BCUT2D eigenvalue weighted by Crippen LogP contribution is -2.49. The molecule has 1 heterocycles. The molecule has 0 radical (unpaired) electrons. The van der Waals surface area contributed by atoms with Crippen LogP contribution in [-0.2, 0) is 4.74 Å². The fourth-order valence-electron chi connectivity index (χ4n) is 2.09. The van der Waals surface area contributed by atoms with Crippen LogP contribution in [0.15, 0.2) is 24.3 Å². The van der Waals surface area contributed by atoms with E-state index in [9.17, 15) is 0 Å². The van der Waals surface area contributed by atoms with Gasteiger partial charge in [0.2, 0.25) is 0 Å². The van der Waals surface area contributed by atoms with Gasteiger partial charge in [-0.05, 0) is 19.1 Å². The monoisotopic (exact) mass is 250 g/mol. The summed E-state index contributed by atoms with van der Waals surface area (Å²) in [5.41, 5.74) is 7.07. The molecular weight excluding hydrogens is 228 g/mol. The van der Waals surface area contributed by atoms with Gasteiger partial charge < -0.3 is 15.2 Å². The van der Waals surface area contributed by atoms with Crippen molar-refractivity contribution in [3.8, 4) is 5.75 Å². The Labute approximate surface area is 109 Å². The maximum atomic E-state index is 5.83. The molecule has 0 bridgehead atoms. The lowest BCUT2D eigenvalue weighted by molar-refractivity contribution is 0.00824. The van der Waals surface area contributed by atoms with Gasteiger partial charge in [0, 0.05) is 19.6 Å². The summed E-state index contributed by atoms with van der Waals surface area (Å²) in [5, 5.41) is 0. The summed E-state index contributed by atoms with van der Waals surface area (Å²) in [6.45, 7) is 6.80. The Morgan fingerprint density at radius 1 is 1.28 bits per heavy atom. The second-order valence-electron chi connectivity index (χ2n) is 4.66. The smallest absolute Gasteiger partial charge is 0.119 e. The van der Waals surface area contributed by atoms with Gasteiger partial charge in [-0.3, -0.25) is 4.90 Å². The van der Waals surface area contributed by atoms with Crippen LogP contribution >= 0.6 is 0 Å². The number of hydrogen-bond donors (Lipinski definition) is 1. The second kappa shape index (κ2) is 6.73. The van der Waals surface area contributed by atoms with Gasteiger partial charge in [-0.15, -0.1) is 0 Å². The Bertz CT molecular complexity index is 347. The average molecular weight is 250 g/mol. The Morgan fingerprint density at radius 2 is 1.94 bits per heavy atom. The van der Waals surface area contributed by atoms with Crippen molar-refractivity contribution in [1.29, 1.82) is 0 Å². The molecule has 1 aliphatic heterocycles. The summed E-state index contributed by atoms with van der Waals surface area (Å²) in [6.07, 6.45) is 0. The molecule has 4 nitrogen and oxygen atoms in total. The van der Waals surface area contributed by atoms with Crippen molar-refractivity contribution in [2.45, 2.75) is 13.0 Å². The van der Waals surface area contributed by atoms with E-state index in [-0.39, 0.29) is 6.04 Å². The number of morpholine rings is 1. The minimum absolute atomic E-state index is 0.273. The third-order valence-electron chi connectivity index (χ3n) is 3.30. The number of benzene rings is 1. The highest BCUT2D eigenvalue weighted by Crippen LogP contribution is 2.13. The minimum atomic E-state index is 0.273. The standard InChI is InChI=1S/C14H22N2O2/c1-12-2-4-14(5-3-12)18-11-13(10-15)16-6-8-17-9-7-16/h2-5,13H,6-11,15H2,1H3. The number of nitrogens with zero attached hydrogens (tertiary/aromatic N) is 1. The van der Waals surface area contributed by atoms with Gasteiger partial charge in [0.25, 0.3) is 0 Å². The largest absolute Gasteiger partial charge is 0.492 e. The molecule has 1 atom stereocenters. The van der Waals surface area contributed by atoms with E-state index >= 15 is 0 Å². The van der Waals surface area contributed by atoms with Crippen LogP contribution < -0.4 is 10.5 Å². The van der Waals surface area contributed by atoms with Crippen molar-refractivity contribution in [3.63, 3.8) is 0 Å². The van der Waals surface area contributed by atoms with Crippen molar-refractivity contribution in [2.24, 2.45) is 5.73 Å². The van der Waals surface area contributed by atoms with Crippen LogP contribution in [0.5, 0.6) is 5.75 Å². The number of rotatable bonds is 5. The van der Waals surface area contributed by atoms with Crippen LogP contribution in [-0.4, -0.2) is 50.4 Å². The lowest BCUT2D eigenvalue weighted by atomic mass is 10.2. The van der Waals surface area contributed by atoms with Crippen molar-refractivity contribution < 1.29 is 9.47 Å². The van der Waals surface area contributed by atoms with E-state index in [4.69, 9.17) is 15.2 Å². The fraction of sp³-hybridized carbons (Fsp3) is 0.571. The van der Waals surface area contributed by atoms with Crippen LogP contribution in [0.4, 0.5) is 0 Å².